The van der Waals surface area contributed by atoms with E-state index in [9.17, 15) is 14.3 Å². The number of ether oxygens (including phenoxy) is 2. The van der Waals surface area contributed by atoms with Crippen LogP contribution in [0.2, 0.25) is 0 Å². The van der Waals surface area contributed by atoms with E-state index in [4.69, 9.17) is 9.47 Å². The maximum atomic E-state index is 13.8. The maximum absolute atomic E-state index is 13.8. The van der Waals surface area contributed by atoms with Crippen LogP contribution < -0.4 is 10.1 Å². The van der Waals surface area contributed by atoms with Crippen LogP contribution in [0.1, 0.15) is 21.5 Å². The molecule has 0 saturated heterocycles. The molecule has 0 spiro atoms. The summed E-state index contributed by atoms with van der Waals surface area (Å²) in [6.07, 6.45) is 0.403. The summed E-state index contributed by atoms with van der Waals surface area (Å²) in [5.41, 5.74) is 1.55. The molecule has 3 aromatic carbocycles. The number of phenols is 1. The normalized spacial score (nSPS) is 13.1. The Morgan fingerprint density at radius 3 is 2.74 bits per heavy atom. The molecule has 0 bridgehead atoms. The number of hydrogen-bond acceptors (Lipinski definition) is 4. The van der Waals surface area contributed by atoms with Crippen LogP contribution in [0.5, 0.6) is 11.5 Å². The van der Waals surface area contributed by atoms with Crippen molar-refractivity contribution in [2.24, 2.45) is 0 Å². The molecule has 5 nitrogen and oxygen atoms in total. The first-order chi connectivity index (χ1) is 13.1. The number of nitrogens with one attached hydrogen (secondary N) is 1. The third-order valence-electron chi connectivity index (χ3n) is 4.54. The van der Waals surface area contributed by atoms with Gasteiger partial charge in [0.2, 0.25) is 0 Å². The predicted molar refractivity (Wildman–Crippen MR) is 98.3 cm³/mol. The molecular weight excluding hydrogens is 349 g/mol. The van der Waals surface area contributed by atoms with Crippen molar-refractivity contribution in [2.45, 2.75) is 13.0 Å². The van der Waals surface area contributed by atoms with Crippen molar-refractivity contribution in [3.8, 4) is 11.5 Å². The number of hydrogen-bond donors (Lipinski definition) is 2. The van der Waals surface area contributed by atoms with Crippen LogP contribution in [-0.4, -0.2) is 24.4 Å². The molecule has 6 heteroatoms. The number of carbonyl (C=O) groups excluding carboxylic acids is 1. The van der Waals surface area contributed by atoms with E-state index in [0.717, 1.165) is 10.8 Å². The molecule has 2 N–H and O–H groups in total. The van der Waals surface area contributed by atoms with Crippen LogP contribution >= 0.6 is 0 Å². The maximum Gasteiger partial charge on any atom is 0.255 e. The van der Waals surface area contributed by atoms with Gasteiger partial charge in [0.25, 0.3) is 5.91 Å². The van der Waals surface area contributed by atoms with Gasteiger partial charge in [0.15, 0.2) is 6.79 Å². The quantitative estimate of drug-likeness (QED) is 0.740. The van der Waals surface area contributed by atoms with Gasteiger partial charge in [-0.15, -0.1) is 0 Å². The lowest BCUT2D eigenvalue weighted by atomic mass is 10.0. The zero-order valence-electron chi connectivity index (χ0n) is 14.5. The molecule has 0 aliphatic carbocycles. The number of aromatic hydroxyl groups is 1. The van der Waals surface area contributed by atoms with Crippen LogP contribution in [0.15, 0.2) is 48.5 Å². The average molecular weight is 367 g/mol. The third kappa shape index (κ3) is 3.57. The summed E-state index contributed by atoms with van der Waals surface area (Å²) in [6.45, 7) is 0.714. The summed E-state index contributed by atoms with van der Waals surface area (Å²) in [4.78, 5) is 12.5. The van der Waals surface area contributed by atoms with Crippen LogP contribution in [-0.2, 0) is 17.8 Å². The average Bonchev–Trinajstić information content (AvgIpc) is 2.67. The fourth-order valence-electron chi connectivity index (χ4n) is 3.26. The van der Waals surface area contributed by atoms with E-state index in [-0.39, 0.29) is 36.4 Å². The lowest BCUT2D eigenvalue weighted by molar-refractivity contribution is -0.0172. The van der Waals surface area contributed by atoms with E-state index in [1.807, 2.05) is 24.3 Å². The molecule has 27 heavy (non-hydrogen) atoms. The standard InChI is InChI=1S/C21H18FNO4/c22-17-7-15(20-16(8-17)11-26-12-27-20)5-6-23-21(25)18-9-13-3-1-2-4-14(13)10-19(18)24/h1-4,7-10,24H,5-6,11-12H2,(H,23,25). The van der Waals surface area contributed by atoms with Crippen molar-refractivity contribution in [1.82, 2.24) is 5.32 Å². The molecule has 138 valence electrons. The van der Waals surface area contributed by atoms with Gasteiger partial charge in [-0.1, -0.05) is 24.3 Å². The van der Waals surface area contributed by atoms with E-state index < -0.39 is 0 Å². The Morgan fingerprint density at radius 2 is 1.93 bits per heavy atom. The minimum atomic E-state index is -0.382. The van der Waals surface area contributed by atoms with Gasteiger partial charge < -0.3 is 19.9 Å². The second-order valence-corrected chi connectivity index (χ2v) is 6.39. The fourth-order valence-corrected chi connectivity index (χ4v) is 3.26. The number of benzene rings is 3. The summed E-state index contributed by atoms with van der Waals surface area (Å²) in [5, 5.41) is 14.6. The molecule has 0 atom stereocenters. The Balaban J connectivity index is 1.48. The highest BCUT2D eigenvalue weighted by Crippen LogP contribution is 2.30. The summed E-state index contributed by atoms with van der Waals surface area (Å²) < 4.78 is 24.4. The molecule has 3 aromatic rings. The SMILES string of the molecule is O=C(NCCc1cc(F)cc2c1OCOC2)c1cc2ccccc2cc1O. The first-order valence-electron chi connectivity index (χ1n) is 8.63. The molecule has 1 aliphatic rings. The van der Waals surface area contributed by atoms with Crippen LogP contribution in [0.25, 0.3) is 10.8 Å². The van der Waals surface area contributed by atoms with Crippen molar-refractivity contribution < 1.29 is 23.8 Å². The zero-order chi connectivity index (χ0) is 18.8. The van der Waals surface area contributed by atoms with Gasteiger partial charge in [0, 0.05) is 12.1 Å². The zero-order valence-corrected chi connectivity index (χ0v) is 14.5. The first-order valence-corrected chi connectivity index (χ1v) is 8.63. The summed E-state index contributed by atoms with van der Waals surface area (Å²) in [6, 6.07) is 13.5. The Bertz CT molecular complexity index is 1020. The lowest BCUT2D eigenvalue weighted by Crippen LogP contribution is -2.26. The van der Waals surface area contributed by atoms with Gasteiger partial charge in [-0.3, -0.25) is 4.79 Å². The van der Waals surface area contributed by atoms with E-state index in [2.05, 4.69) is 5.32 Å². The monoisotopic (exact) mass is 367 g/mol. The van der Waals surface area contributed by atoms with E-state index >= 15 is 0 Å². The second-order valence-electron chi connectivity index (χ2n) is 6.39. The highest BCUT2D eigenvalue weighted by atomic mass is 19.1. The van der Waals surface area contributed by atoms with Crippen LogP contribution in [0.4, 0.5) is 4.39 Å². The number of carbonyl (C=O) groups is 1. The Labute approximate surface area is 155 Å². The van der Waals surface area contributed by atoms with Crippen molar-refractivity contribution in [2.75, 3.05) is 13.3 Å². The van der Waals surface area contributed by atoms with Gasteiger partial charge in [-0.25, -0.2) is 4.39 Å². The number of phenolic OH excluding ortho intramolecular Hbond substituents is 1. The third-order valence-corrected chi connectivity index (χ3v) is 4.54. The van der Waals surface area contributed by atoms with Crippen molar-refractivity contribution in [3.63, 3.8) is 0 Å². The van der Waals surface area contributed by atoms with Crippen LogP contribution in [0.3, 0.4) is 0 Å². The van der Waals surface area contributed by atoms with Gasteiger partial charge in [-0.2, -0.15) is 0 Å². The van der Waals surface area contributed by atoms with Gasteiger partial charge in [0.1, 0.15) is 17.3 Å². The molecule has 4 rings (SSSR count). The molecule has 0 radical (unpaired) electrons. The van der Waals surface area contributed by atoms with Crippen molar-refractivity contribution in [1.29, 1.82) is 0 Å². The summed E-state index contributed by atoms with van der Waals surface area (Å²) in [5.74, 6) is -0.204. The highest BCUT2D eigenvalue weighted by molar-refractivity contribution is 6.01. The molecule has 0 unspecified atom stereocenters. The van der Waals surface area contributed by atoms with Crippen molar-refractivity contribution in [3.05, 3.63) is 71.0 Å². The number of halogens is 1. The Kier molecular flexibility index (Phi) is 4.64. The van der Waals surface area contributed by atoms with Gasteiger partial charge >= 0.3 is 0 Å². The molecule has 1 heterocycles. The fraction of sp³-hybridized carbons (Fsp3) is 0.190. The molecule has 1 aliphatic heterocycles. The van der Waals surface area contributed by atoms with Crippen LogP contribution in [0, 0.1) is 5.82 Å². The topological polar surface area (TPSA) is 67.8 Å². The highest BCUT2D eigenvalue weighted by Gasteiger charge is 2.17. The first kappa shape index (κ1) is 17.3. The van der Waals surface area contributed by atoms with E-state index in [0.29, 0.717) is 29.9 Å². The Hall–Kier alpha value is -3.12. The smallest absolute Gasteiger partial charge is 0.255 e. The second kappa shape index (κ2) is 7.25. The molecule has 0 fully saturated rings. The molecular formula is C21H18FNO4. The molecule has 0 saturated carbocycles. The van der Waals surface area contributed by atoms with Crippen molar-refractivity contribution >= 4 is 16.7 Å². The molecule has 1 amide bonds. The number of fused-ring (bicyclic) bond motifs is 2. The molecule has 0 aromatic heterocycles. The van der Waals surface area contributed by atoms with Gasteiger partial charge in [-0.05, 0) is 47.0 Å². The Morgan fingerprint density at radius 1 is 1.15 bits per heavy atom. The number of rotatable bonds is 4. The minimum absolute atomic E-state index is 0.0742. The van der Waals surface area contributed by atoms with E-state index in [1.165, 1.54) is 12.1 Å². The summed E-state index contributed by atoms with van der Waals surface area (Å²) >= 11 is 0. The lowest BCUT2D eigenvalue weighted by Gasteiger charge is -2.21. The van der Waals surface area contributed by atoms with Gasteiger partial charge in [0.05, 0.1) is 12.2 Å². The van der Waals surface area contributed by atoms with E-state index in [1.54, 1.807) is 12.1 Å². The minimum Gasteiger partial charge on any atom is -0.507 e. The number of amides is 1. The largest absolute Gasteiger partial charge is 0.507 e. The summed E-state index contributed by atoms with van der Waals surface area (Å²) in [7, 11) is 0. The predicted octanol–water partition coefficient (Wildman–Crippen LogP) is 3.52.